The van der Waals surface area contributed by atoms with Gasteiger partial charge in [-0.05, 0) is 18.8 Å². The van der Waals surface area contributed by atoms with E-state index in [4.69, 9.17) is 5.11 Å². The fourth-order valence-corrected chi connectivity index (χ4v) is 2.16. The van der Waals surface area contributed by atoms with Crippen molar-refractivity contribution in [3.63, 3.8) is 0 Å². The Morgan fingerprint density at radius 3 is 2.64 bits per heavy atom. The average molecular weight is 199 g/mol. The van der Waals surface area contributed by atoms with Crippen molar-refractivity contribution in [2.24, 2.45) is 11.8 Å². The molecule has 4 nitrogen and oxygen atoms in total. The van der Waals surface area contributed by atoms with Crippen molar-refractivity contribution in [1.29, 1.82) is 0 Å². The molecule has 14 heavy (non-hydrogen) atoms. The second-order valence-electron chi connectivity index (χ2n) is 4.52. The van der Waals surface area contributed by atoms with Gasteiger partial charge in [-0.25, -0.2) is 4.79 Å². The Bertz CT molecular complexity index is 227. The van der Waals surface area contributed by atoms with Crippen molar-refractivity contribution in [2.45, 2.75) is 31.8 Å². The van der Waals surface area contributed by atoms with Gasteiger partial charge < -0.3 is 15.1 Å². The quantitative estimate of drug-likeness (QED) is 0.716. The molecule has 1 heterocycles. The van der Waals surface area contributed by atoms with Gasteiger partial charge in [-0.2, -0.15) is 0 Å². The van der Waals surface area contributed by atoms with Crippen LogP contribution < -0.4 is 0 Å². The number of hydrogen-bond acceptors (Lipinski definition) is 2. The molecular weight excluding hydrogens is 182 g/mol. The zero-order valence-electron chi connectivity index (χ0n) is 8.22. The third-order valence-corrected chi connectivity index (χ3v) is 3.31. The Morgan fingerprint density at radius 2 is 2.14 bits per heavy atom. The minimum atomic E-state index is -0.855. The monoisotopic (exact) mass is 199 g/mol. The van der Waals surface area contributed by atoms with Crippen LogP contribution in [-0.4, -0.2) is 40.4 Å². The second-order valence-corrected chi connectivity index (χ2v) is 4.52. The highest BCUT2D eigenvalue weighted by molar-refractivity contribution is 5.65. The first-order chi connectivity index (χ1) is 6.66. The number of likely N-dealkylation sites (tertiary alicyclic amines) is 1. The Morgan fingerprint density at radius 1 is 1.43 bits per heavy atom. The fourth-order valence-electron chi connectivity index (χ4n) is 2.16. The predicted octanol–water partition coefficient (Wildman–Crippen LogP) is 1.15. The maximum absolute atomic E-state index is 10.6. The molecule has 2 atom stereocenters. The molecule has 1 saturated heterocycles. The molecule has 0 aromatic rings. The topological polar surface area (TPSA) is 60.8 Å². The summed E-state index contributed by atoms with van der Waals surface area (Å²) in [5.74, 6) is 0.885. The van der Waals surface area contributed by atoms with Gasteiger partial charge in [0, 0.05) is 19.0 Å². The van der Waals surface area contributed by atoms with Crippen molar-refractivity contribution in [1.82, 2.24) is 4.90 Å². The Labute approximate surface area is 83.5 Å². The normalized spacial score (nSPS) is 29.2. The number of nitrogens with zero attached hydrogens (tertiary/aromatic N) is 1. The lowest BCUT2D eigenvalue weighted by Crippen LogP contribution is -2.29. The van der Waals surface area contributed by atoms with Crippen LogP contribution in [0.15, 0.2) is 0 Å². The zero-order chi connectivity index (χ0) is 10.1. The summed E-state index contributed by atoms with van der Waals surface area (Å²) in [6.45, 7) is 1.10. The molecule has 1 amide bonds. The number of carbonyl (C=O) groups is 1. The first-order valence-electron chi connectivity index (χ1n) is 5.32. The third kappa shape index (κ3) is 2.18. The molecule has 0 radical (unpaired) electrons. The van der Waals surface area contributed by atoms with Crippen molar-refractivity contribution < 1.29 is 15.0 Å². The van der Waals surface area contributed by atoms with Crippen molar-refractivity contribution >= 4 is 6.09 Å². The highest BCUT2D eigenvalue weighted by Crippen LogP contribution is 2.36. The lowest BCUT2D eigenvalue weighted by Gasteiger charge is -2.17. The summed E-state index contributed by atoms with van der Waals surface area (Å²) in [4.78, 5) is 12.1. The summed E-state index contributed by atoms with van der Waals surface area (Å²) in [7, 11) is 0. The van der Waals surface area contributed by atoms with Gasteiger partial charge in [0.05, 0.1) is 6.10 Å². The van der Waals surface area contributed by atoms with Gasteiger partial charge in [0.25, 0.3) is 0 Å². The summed E-state index contributed by atoms with van der Waals surface area (Å²) in [6.07, 6.45) is 3.04. The molecule has 1 saturated carbocycles. The lowest BCUT2D eigenvalue weighted by atomic mass is 9.97. The van der Waals surface area contributed by atoms with Crippen molar-refractivity contribution in [3.8, 4) is 0 Å². The van der Waals surface area contributed by atoms with Crippen molar-refractivity contribution in [2.75, 3.05) is 13.1 Å². The summed E-state index contributed by atoms with van der Waals surface area (Å²) in [5, 5.41) is 18.6. The van der Waals surface area contributed by atoms with Crippen LogP contribution >= 0.6 is 0 Å². The van der Waals surface area contributed by atoms with Crippen LogP contribution in [0.25, 0.3) is 0 Å². The van der Waals surface area contributed by atoms with E-state index in [0.29, 0.717) is 19.0 Å². The van der Waals surface area contributed by atoms with E-state index in [9.17, 15) is 9.90 Å². The Hall–Kier alpha value is -0.770. The van der Waals surface area contributed by atoms with E-state index in [0.717, 1.165) is 12.8 Å². The molecule has 1 unspecified atom stereocenters. The first kappa shape index (κ1) is 9.77. The Balaban J connectivity index is 1.78. The fraction of sp³-hybridized carbons (Fsp3) is 0.900. The van der Waals surface area contributed by atoms with Crippen LogP contribution in [0.4, 0.5) is 4.79 Å². The number of aliphatic hydroxyl groups excluding tert-OH is 1. The molecule has 1 aliphatic heterocycles. The Kier molecular flexibility index (Phi) is 2.63. The molecule has 2 fully saturated rings. The molecule has 2 rings (SSSR count). The molecule has 4 heteroatoms. The highest BCUT2D eigenvalue weighted by atomic mass is 16.4. The van der Waals surface area contributed by atoms with E-state index in [1.54, 1.807) is 0 Å². The van der Waals surface area contributed by atoms with Gasteiger partial charge in [-0.1, -0.05) is 12.8 Å². The number of carboxylic acid groups (broad SMARTS) is 1. The second kappa shape index (κ2) is 3.77. The van der Waals surface area contributed by atoms with Crippen LogP contribution in [-0.2, 0) is 0 Å². The average Bonchev–Trinajstić information content (AvgIpc) is 2.81. The van der Waals surface area contributed by atoms with E-state index >= 15 is 0 Å². The van der Waals surface area contributed by atoms with Gasteiger partial charge in [0.15, 0.2) is 0 Å². The van der Waals surface area contributed by atoms with E-state index in [1.165, 1.54) is 17.7 Å². The largest absolute Gasteiger partial charge is 0.465 e. The van der Waals surface area contributed by atoms with Gasteiger partial charge in [-0.3, -0.25) is 0 Å². The van der Waals surface area contributed by atoms with Crippen LogP contribution in [0.3, 0.4) is 0 Å². The van der Waals surface area contributed by atoms with Crippen LogP contribution in [0.1, 0.15) is 25.7 Å². The third-order valence-electron chi connectivity index (χ3n) is 3.31. The van der Waals surface area contributed by atoms with Gasteiger partial charge >= 0.3 is 6.09 Å². The molecule has 0 spiro atoms. The molecule has 2 aliphatic rings. The van der Waals surface area contributed by atoms with Gasteiger partial charge in [0.2, 0.25) is 0 Å². The number of rotatable bonds is 3. The van der Waals surface area contributed by atoms with Crippen molar-refractivity contribution in [3.05, 3.63) is 0 Å². The first-order valence-corrected chi connectivity index (χ1v) is 5.32. The number of aliphatic hydroxyl groups is 1. The minimum absolute atomic E-state index is 0.173. The van der Waals surface area contributed by atoms with E-state index in [-0.39, 0.29) is 12.0 Å². The summed E-state index contributed by atoms with van der Waals surface area (Å²) < 4.78 is 0. The number of amides is 1. The molecule has 2 N–H and O–H groups in total. The predicted molar refractivity (Wildman–Crippen MR) is 51.1 cm³/mol. The maximum Gasteiger partial charge on any atom is 0.407 e. The molecule has 0 aromatic carbocycles. The van der Waals surface area contributed by atoms with E-state index in [1.807, 2.05) is 0 Å². The van der Waals surface area contributed by atoms with E-state index in [2.05, 4.69) is 0 Å². The van der Waals surface area contributed by atoms with Gasteiger partial charge in [0.1, 0.15) is 0 Å². The minimum Gasteiger partial charge on any atom is -0.465 e. The van der Waals surface area contributed by atoms with Crippen LogP contribution in [0.5, 0.6) is 0 Å². The SMILES string of the molecule is O=C(O)N1CC[C@H](C(O)CC2CC2)C1. The summed E-state index contributed by atoms with van der Waals surface area (Å²) >= 11 is 0. The molecule has 1 aliphatic carbocycles. The van der Waals surface area contributed by atoms with E-state index < -0.39 is 6.09 Å². The van der Waals surface area contributed by atoms with Gasteiger partial charge in [-0.15, -0.1) is 0 Å². The molecule has 0 aromatic heterocycles. The maximum atomic E-state index is 10.6. The zero-order valence-corrected chi connectivity index (χ0v) is 8.22. The smallest absolute Gasteiger partial charge is 0.407 e. The summed E-state index contributed by atoms with van der Waals surface area (Å²) in [6, 6.07) is 0. The van der Waals surface area contributed by atoms with Crippen LogP contribution in [0.2, 0.25) is 0 Å². The lowest BCUT2D eigenvalue weighted by molar-refractivity contribution is 0.0943. The summed E-state index contributed by atoms with van der Waals surface area (Å²) in [5.41, 5.74) is 0. The molecular formula is C10H17NO3. The highest BCUT2D eigenvalue weighted by Gasteiger charge is 2.34. The number of hydrogen-bond donors (Lipinski definition) is 2. The standard InChI is InChI=1S/C10H17NO3/c12-9(5-7-1-2-7)8-3-4-11(6-8)10(13)14/h7-9,12H,1-6H2,(H,13,14)/t8-,9?/m0/s1. The molecule has 0 bridgehead atoms. The molecule has 80 valence electrons. The van der Waals surface area contributed by atoms with Crippen LogP contribution in [0, 0.1) is 11.8 Å².